The number of para-hydroxylation sites is 1. The van der Waals surface area contributed by atoms with Crippen LogP contribution >= 0.6 is 23.4 Å². The van der Waals surface area contributed by atoms with Gasteiger partial charge in [0.15, 0.2) is 0 Å². The molecule has 0 aliphatic carbocycles. The number of rotatable bonds is 3. The van der Waals surface area contributed by atoms with Gasteiger partial charge in [-0.2, -0.15) is 0 Å². The Morgan fingerprint density at radius 1 is 1.27 bits per heavy atom. The predicted molar refractivity (Wildman–Crippen MR) is 94.1 cm³/mol. The number of hydrogen-bond donors (Lipinski definition) is 1. The summed E-state index contributed by atoms with van der Waals surface area (Å²) in [5, 5.41) is 4.05. The van der Waals surface area contributed by atoms with E-state index in [1.807, 2.05) is 36.0 Å². The number of hydrogen-bond acceptors (Lipinski definition) is 3. The molecule has 22 heavy (non-hydrogen) atoms. The van der Waals surface area contributed by atoms with Gasteiger partial charge in [-0.3, -0.25) is 4.79 Å². The van der Waals surface area contributed by atoms with E-state index in [-0.39, 0.29) is 5.91 Å². The molecule has 0 radical (unpaired) electrons. The van der Waals surface area contributed by atoms with Crippen LogP contribution in [0.2, 0.25) is 5.02 Å². The fourth-order valence-electron chi connectivity index (χ4n) is 2.54. The fourth-order valence-corrected chi connectivity index (χ4v) is 3.83. The van der Waals surface area contributed by atoms with E-state index in [2.05, 4.69) is 29.3 Å². The lowest BCUT2D eigenvalue weighted by atomic mass is 10.2. The molecule has 0 saturated carbocycles. The lowest BCUT2D eigenvalue weighted by Gasteiger charge is -2.33. The van der Waals surface area contributed by atoms with Gasteiger partial charge in [0.1, 0.15) is 0 Å². The number of amides is 1. The van der Waals surface area contributed by atoms with Gasteiger partial charge < -0.3 is 10.2 Å². The van der Waals surface area contributed by atoms with Gasteiger partial charge in [-0.1, -0.05) is 30.7 Å². The highest BCUT2D eigenvalue weighted by Crippen LogP contribution is 2.37. The molecule has 0 bridgehead atoms. The zero-order valence-corrected chi connectivity index (χ0v) is 13.8. The number of fused-ring (bicyclic) bond motifs is 1. The van der Waals surface area contributed by atoms with Crippen LogP contribution in [-0.4, -0.2) is 24.2 Å². The Bertz CT molecular complexity index is 675. The third kappa shape index (κ3) is 3.57. The first-order valence-corrected chi connectivity index (χ1v) is 8.43. The molecule has 5 heteroatoms. The summed E-state index contributed by atoms with van der Waals surface area (Å²) in [5.41, 5.74) is 1.90. The second-order valence-electron chi connectivity index (χ2n) is 5.33. The minimum atomic E-state index is -0.0174. The molecule has 3 nitrogen and oxygen atoms in total. The molecule has 3 rings (SSSR count). The number of thioether (sulfide) groups is 1. The van der Waals surface area contributed by atoms with Gasteiger partial charge in [-0.15, -0.1) is 11.8 Å². The second-order valence-corrected chi connectivity index (χ2v) is 7.25. The van der Waals surface area contributed by atoms with Crippen molar-refractivity contribution >= 4 is 40.6 Å². The number of anilines is 2. The monoisotopic (exact) mass is 332 g/mol. The van der Waals surface area contributed by atoms with E-state index in [4.69, 9.17) is 11.6 Å². The summed E-state index contributed by atoms with van der Waals surface area (Å²) in [6, 6.07) is 15.4. The lowest BCUT2D eigenvalue weighted by Crippen LogP contribution is -2.39. The van der Waals surface area contributed by atoms with Gasteiger partial charge in [0.2, 0.25) is 5.91 Å². The Labute approximate surface area is 139 Å². The molecule has 2 aromatic carbocycles. The highest BCUT2D eigenvalue weighted by atomic mass is 35.5. The van der Waals surface area contributed by atoms with Crippen LogP contribution in [0.5, 0.6) is 0 Å². The minimum absolute atomic E-state index is 0.0174. The third-order valence-electron chi connectivity index (χ3n) is 3.47. The molecule has 0 saturated heterocycles. The zero-order valence-electron chi connectivity index (χ0n) is 12.3. The Morgan fingerprint density at radius 2 is 2.00 bits per heavy atom. The number of nitrogens with one attached hydrogen (secondary N) is 1. The van der Waals surface area contributed by atoms with Crippen molar-refractivity contribution in [3.63, 3.8) is 0 Å². The van der Waals surface area contributed by atoms with Gasteiger partial charge in [0, 0.05) is 27.4 Å². The molecule has 1 aliphatic heterocycles. The Balaban J connectivity index is 1.70. The Morgan fingerprint density at radius 3 is 2.77 bits per heavy atom. The molecule has 1 unspecified atom stereocenters. The minimum Gasteiger partial charge on any atom is -0.360 e. The van der Waals surface area contributed by atoms with Crippen molar-refractivity contribution in [3.05, 3.63) is 53.6 Å². The van der Waals surface area contributed by atoms with Crippen molar-refractivity contribution in [1.29, 1.82) is 0 Å². The van der Waals surface area contributed by atoms with Crippen LogP contribution in [0.15, 0.2) is 53.4 Å². The van der Waals surface area contributed by atoms with Crippen molar-refractivity contribution in [2.45, 2.75) is 17.1 Å². The molecule has 0 aromatic heterocycles. The fraction of sp³-hybridized carbons (Fsp3) is 0.235. The summed E-state index contributed by atoms with van der Waals surface area (Å²) < 4.78 is 0. The maximum absolute atomic E-state index is 12.3. The van der Waals surface area contributed by atoms with Crippen molar-refractivity contribution in [3.8, 4) is 0 Å². The van der Waals surface area contributed by atoms with Gasteiger partial charge in [-0.05, 0) is 36.4 Å². The van der Waals surface area contributed by atoms with E-state index in [9.17, 15) is 4.79 Å². The van der Waals surface area contributed by atoms with Crippen LogP contribution in [0, 0.1) is 0 Å². The first kappa shape index (κ1) is 15.3. The number of carbonyl (C=O) groups excluding carboxylic acids is 1. The standard InChI is InChI=1S/C17H17ClN2OS/c1-12-10-20(15-4-2-3-5-16(15)22-12)11-17(21)19-14-8-6-13(18)7-9-14/h2-9,12H,10-11H2,1H3,(H,19,21). The molecule has 1 heterocycles. The molecule has 0 fully saturated rings. The van der Waals surface area contributed by atoms with Crippen molar-refractivity contribution in [2.24, 2.45) is 0 Å². The smallest absolute Gasteiger partial charge is 0.243 e. The first-order chi connectivity index (χ1) is 10.6. The average Bonchev–Trinajstić information content (AvgIpc) is 2.49. The summed E-state index contributed by atoms with van der Waals surface area (Å²) in [6.45, 7) is 3.41. The molecule has 0 spiro atoms. The van der Waals surface area contributed by atoms with Crippen molar-refractivity contribution in [1.82, 2.24) is 0 Å². The quantitative estimate of drug-likeness (QED) is 0.910. The van der Waals surface area contributed by atoms with Crippen molar-refractivity contribution in [2.75, 3.05) is 23.3 Å². The Hall–Kier alpha value is -1.65. The predicted octanol–water partition coefficient (Wildman–Crippen LogP) is 4.28. The van der Waals surface area contributed by atoms with Crippen LogP contribution in [0.3, 0.4) is 0 Å². The summed E-state index contributed by atoms with van der Waals surface area (Å²) >= 11 is 7.71. The summed E-state index contributed by atoms with van der Waals surface area (Å²) in [5.74, 6) is -0.0174. The average molecular weight is 333 g/mol. The second kappa shape index (κ2) is 6.63. The van der Waals surface area contributed by atoms with Crippen LogP contribution in [-0.2, 0) is 4.79 Å². The van der Waals surface area contributed by atoms with E-state index < -0.39 is 0 Å². The van der Waals surface area contributed by atoms with Gasteiger partial charge >= 0.3 is 0 Å². The van der Waals surface area contributed by atoms with Crippen LogP contribution in [0.4, 0.5) is 11.4 Å². The summed E-state index contributed by atoms with van der Waals surface area (Å²) in [6.07, 6.45) is 0. The summed E-state index contributed by atoms with van der Waals surface area (Å²) in [4.78, 5) is 15.7. The lowest BCUT2D eigenvalue weighted by molar-refractivity contribution is -0.115. The van der Waals surface area contributed by atoms with Gasteiger partial charge in [-0.25, -0.2) is 0 Å². The SMILES string of the molecule is CC1CN(CC(=O)Nc2ccc(Cl)cc2)c2ccccc2S1. The van der Waals surface area contributed by atoms with E-state index >= 15 is 0 Å². The number of benzene rings is 2. The third-order valence-corrected chi connectivity index (χ3v) is 4.88. The van der Waals surface area contributed by atoms with Gasteiger partial charge in [0.25, 0.3) is 0 Å². The number of nitrogens with zero attached hydrogens (tertiary/aromatic N) is 1. The Kier molecular flexibility index (Phi) is 4.60. The van der Waals surface area contributed by atoms with Crippen LogP contribution in [0.25, 0.3) is 0 Å². The maximum Gasteiger partial charge on any atom is 0.243 e. The zero-order chi connectivity index (χ0) is 15.5. The molecule has 1 amide bonds. The molecule has 1 N–H and O–H groups in total. The largest absolute Gasteiger partial charge is 0.360 e. The molecule has 1 aliphatic rings. The van der Waals surface area contributed by atoms with Crippen molar-refractivity contribution < 1.29 is 4.79 Å². The van der Waals surface area contributed by atoms with E-state index in [0.717, 1.165) is 17.9 Å². The van der Waals surface area contributed by atoms with E-state index in [0.29, 0.717) is 16.8 Å². The topological polar surface area (TPSA) is 32.3 Å². The van der Waals surface area contributed by atoms with E-state index in [1.54, 1.807) is 12.1 Å². The molecule has 1 atom stereocenters. The van der Waals surface area contributed by atoms with Crippen LogP contribution < -0.4 is 10.2 Å². The first-order valence-electron chi connectivity index (χ1n) is 7.18. The maximum atomic E-state index is 12.3. The van der Waals surface area contributed by atoms with E-state index in [1.165, 1.54) is 4.90 Å². The molecule has 2 aromatic rings. The highest BCUT2D eigenvalue weighted by Gasteiger charge is 2.23. The normalized spacial score (nSPS) is 17.0. The summed E-state index contributed by atoms with van der Waals surface area (Å²) in [7, 11) is 0. The van der Waals surface area contributed by atoms with Crippen LogP contribution in [0.1, 0.15) is 6.92 Å². The van der Waals surface area contributed by atoms with Gasteiger partial charge in [0.05, 0.1) is 12.2 Å². The molecular weight excluding hydrogens is 316 g/mol. The molecule has 114 valence electrons. The highest BCUT2D eigenvalue weighted by molar-refractivity contribution is 8.00. The number of halogens is 1. The molecular formula is C17H17ClN2OS. The number of carbonyl (C=O) groups is 1.